The molecule has 164 valence electrons. The van der Waals surface area contributed by atoms with Crippen LogP contribution < -0.4 is 8.61 Å². The van der Waals surface area contributed by atoms with E-state index in [1.54, 1.807) is 34.8 Å². The number of fused-ring (bicyclic) bond motifs is 1. The number of hydrogen-bond donors (Lipinski definition) is 1. The van der Waals surface area contributed by atoms with Gasteiger partial charge in [0.2, 0.25) is 0 Å². The number of rotatable bonds is 9. The Bertz CT molecular complexity index is 909. The number of ketones is 1. The number of carbonyl (C=O) groups excluding carboxylic acids is 1. The summed E-state index contributed by atoms with van der Waals surface area (Å²) < 4.78 is 21.6. The summed E-state index contributed by atoms with van der Waals surface area (Å²) in [4.78, 5) is 14.9. The van der Waals surface area contributed by atoms with Crippen LogP contribution in [0, 0.1) is 0 Å². The van der Waals surface area contributed by atoms with Crippen molar-refractivity contribution in [2.75, 3.05) is 42.8 Å². The molecule has 0 fully saturated rings. The van der Waals surface area contributed by atoms with E-state index in [0.29, 0.717) is 12.0 Å². The summed E-state index contributed by atoms with van der Waals surface area (Å²) in [7, 11) is 2.72. The average molecular weight is 453 g/mol. The van der Waals surface area contributed by atoms with Gasteiger partial charge < -0.3 is 4.90 Å². The minimum Gasteiger partial charge on any atom is -0.306 e. The zero-order chi connectivity index (χ0) is 21.9. The Morgan fingerprint density at radius 3 is 2.53 bits per heavy atom. The number of Topliss-reactive ketones (excluding diaryl/α,β-unsaturated/α-hetero) is 1. The lowest BCUT2D eigenvalue weighted by Crippen LogP contribution is -2.28. The Balaban J connectivity index is 1.44. The van der Waals surface area contributed by atoms with Crippen molar-refractivity contribution in [3.8, 4) is 0 Å². The van der Waals surface area contributed by atoms with Crippen molar-refractivity contribution in [2.24, 2.45) is 0 Å². The first-order chi connectivity index (χ1) is 14.2. The zero-order valence-corrected chi connectivity index (χ0v) is 19.3. The molecule has 30 heavy (non-hydrogen) atoms. The first-order valence-corrected chi connectivity index (χ1v) is 12.0. The number of hydrogen-bond acceptors (Lipinski definition) is 5. The highest BCUT2D eigenvalue weighted by molar-refractivity contribution is 8.26. The van der Waals surface area contributed by atoms with E-state index in [-0.39, 0.29) is 5.78 Å². The number of nitrogens with zero attached hydrogens (tertiary/aromatic N) is 3. The normalized spacial score (nSPS) is 20.4. The zero-order valence-electron chi connectivity index (χ0n) is 17.8. The SMILES string of the molecule is CN(CCCCC(=O)c1ccc2c(c1)N(C)S(O)([OH2+])N2C)CCc1ccccc1Cl. The van der Waals surface area contributed by atoms with Crippen LogP contribution in [0.5, 0.6) is 0 Å². The van der Waals surface area contributed by atoms with E-state index in [1.165, 1.54) is 0 Å². The molecule has 0 spiro atoms. The Labute approximate surface area is 185 Å². The van der Waals surface area contributed by atoms with E-state index in [0.717, 1.165) is 54.3 Å². The third-order valence-corrected chi connectivity index (χ3v) is 7.94. The van der Waals surface area contributed by atoms with Gasteiger partial charge in [0.05, 0.1) is 22.3 Å². The van der Waals surface area contributed by atoms with Gasteiger partial charge in [-0.15, -0.1) is 0 Å². The van der Waals surface area contributed by atoms with Crippen LogP contribution >= 0.6 is 22.6 Å². The second-order valence-corrected chi connectivity index (χ2v) is 10.3. The average Bonchev–Trinajstić information content (AvgIpc) is 2.90. The molecule has 1 atom stereocenters. The second-order valence-electron chi connectivity index (χ2n) is 7.74. The number of likely N-dealkylation sites (N-methyl/N-ethyl adjacent to an activating group) is 1. The maximum atomic E-state index is 12.6. The van der Waals surface area contributed by atoms with E-state index in [2.05, 4.69) is 18.0 Å². The predicted molar refractivity (Wildman–Crippen MR) is 128 cm³/mol. The van der Waals surface area contributed by atoms with E-state index >= 15 is 0 Å². The fourth-order valence-electron chi connectivity index (χ4n) is 3.61. The number of halogens is 1. The van der Waals surface area contributed by atoms with Crippen LogP contribution in [0.3, 0.4) is 0 Å². The highest BCUT2D eigenvalue weighted by Gasteiger charge is 2.39. The minimum atomic E-state index is -2.77. The molecule has 3 rings (SSSR count). The number of unbranched alkanes of at least 4 members (excludes halogenated alkanes) is 1. The Morgan fingerprint density at radius 1 is 1.10 bits per heavy atom. The standard InChI is InChI=1S/C22H30ClN3O3S/c1-24(15-13-17-8-4-5-9-19(17)23)14-7-6-10-22(27)18-11-12-20-21(16-18)26(3)30(28,29)25(20)2/h4-5,8-9,11-12,16,28-29H,6-7,10,13-15H2,1-3H3/p+1. The highest BCUT2D eigenvalue weighted by Crippen LogP contribution is 2.59. The van der Waals surface area contributed by atoms with E-state index in [9.17, 15) is 9.35 Å². The van der Waals surface area contributed by atoms with Crippen LogP contribution in [0.25, 0.3) is 0 Å². The molecule has 0 saturated carbocycles. The lowest BCUT2D eigenvalue weighted by Gasteiger charge is -2.35. The third-order valence-electron chi connectivity index (χ3n) is 5.65. The summed E-state index contributed by atoms with van der Waals surface area (Å²) in [5, 5.41) is 0.813. The Hall–Kier alpha value is -1.77. The first-order valence-electron chi connectivity index (χ1n) is 10.1. The molecule has 0 amide bonds. The second kappa shape index (κ2) is 9.58. The van der Waals surface area contributed by atoms with E-state index in [4.69, 9.17) is 16.2 Å². The van der Waals surface area contributed by atoms with Crippen molar-refractivity contribution in [1.82, 2.24) is 4.90 Å². The summed E-state index contributed by atoms with van der Waals surface area (Å²) >= 11 is 6.21. The lowest BCUT2D eigenvalue weighted by molar-refractivity contribution is 0.0978. The van der Waals surface area contributed by atoms with Gasteiger partial charge >= 0.3 is 0 Å². The molecule has 0 aliphatic carbocycles. The molecule has 0 radical (unpaired) electrons. The van der Waals surface area contributed by atoms with Gasteiger partial charge in [0, 0.05) is 37.6 Å². The first kappa shape index (κ1) is 22.9. The topological polar surface area (TPSA) is 69.9 Å². The van der Waals surface area contributed by atoms with Crippen molar-refractivity contribution < 1.29 is 13.9 Å². The summed E-state index contributed by atoms with van der Waals surface area (Å²) in [6.45, 7) is 1.87. The molecule has 0 saturated heterocycles. The van der Waals surface area contributed by atoms with Crippen molar-refractivity contribution >= 4 is 39.7 Å². The van der Waals surface area contributed by atoms with Gasteiger partial charge in [-0.05, 0) is 62.7 Å². The Morgan fingerprint density at radius 2 is 1.80 bits per heavy atom. The van der Waals surface area contributed by atoms with Crippen molar-refractivity contribution in [2.45, 2.75) is 25.7 Å². The van der Waals surface area contributed by atoms with Gasteiger partial charge in [-0.3, -0.25) is 9.35 Å². The van der Waals surface area contributed by atoms with E-state index < -0.39 is 11.0 Å². The molecule has 1 heterocycles. The molecular weight excluding hydrogens is 422 g/mol. The van der Waals surface area contributed by atoms with Crippen LogP contribution in [0.2, 0.25) is 5.02 Å². The summed E-state index contributed by atoms with van der Waals surface area (Å²) in [5.74, 6) is 0.1000. The molecule has 1 aliphatic rings. The number of anilines is 2. The Kier molecular flexibility index (Phi) is 7.31. The molecule has 8 heteroatoms. The fraction of sp³-hybridized carbons (Fsp3) is 0.409. The highest BCUT2D eigenvalue weighted by atomic mass is 35.5. The van der Waals surface area contributed by atoms with Crippen LogP contribution in [-0.2, 0) is 6.42 Å². The lowest BCUT2D eigenvalue weighted by atomic mass is 10.0. The van der Waals surface area contributed by atoms with Gasteiger partial charge in [-0.2, -0.15) is 0 Å². The quantitative estimate of drug-likeness (QED) is 0.344. The third kappa shape index (κ3) is 4.92. The number of carbonyl (C=O) groups is 1. The van der Waals surface area contributed by atoms with Gasteiger partial charge in [0.15, 0.2) is 5.78 Å². The molecule has 6 nitrogen and oxygen atoms in total. The van der Waals surface area contributed by atoms with Crippen LogP contribution in [0.1, 0.15) is 35.2 Å². The van der Waals surface area contributed by atoms with Gasteiger partial charge in [0.25, 0.3) is 0 Å². The molecule has 1 unspecified atom stereocenters. The van der Waals surface area contributed by atoms with Gasteiger partial charge in [-0.25, -0.2) is 13.2 Å². The number of benzene rings is 2. The van der Waals surface area contributed by atoms with Crippen LogP contribution in [0.4, 0.5) is 11.4 Å². The minimum absolute atomic E-state index is 0.1000. The molecule has 2 aromatic rings. The predicted octanol–water partition coefficient (Wildman–Crippen LogP) is 4.50. The molecule has 0 aromatic heterocycles. The summed E-state index contributed by atoms with van der Waals surface area (Å²) in [6, 6.07) is 13.3. The monoisotopic (exact) mass is 452 g/mol. The summed E-state index contributed by atoms with van der Waals surface area (Å²) in [5.41, 5.74) is 3.31. The maximum Gasteiger partial charge on any atom is 0.162 e. The van der Waals surface area contributed by atoms with Crippen LogP contribution in [0.15, 0.2) is 42.5 Å². The maximum absolute atomic E-state index is 12.6. The van der Waals surface area contributed by atoms with Crippen molar-refractivity contribution in [3.63, 3.8) is 0 Å². The summed E-state index contributed by atoms with van der Waals surface area (Å²) in [6.07, 6.45) is 3.19. The van der Waals surface area contributed by atoms with Crippen LogP contribution in [-0.4, -0.2) is 54.0 Å². The van der Waals surface area contributed by atoms with Crippen molar-refractivity contribution in [1.29, 1.82) is 0 Å². The fourth-order valence-corrected chi connectivity index (χ4v) is 5.06. The van der Waals surface area contributed by atoms with Gasteiger partial charge in [0.1, 0.15) is 0 Å². The molecule has 1 aliphatic heterocycles. The molecule has 3 N–H and O–H groups in total. The van der Waals surface area contributed by atoms with Gasteiger partial charge in [-0.1, -0.05) is 29.8 Å². The largest absolute Gasteiger partial charge is 0.306 e. The van der Waals surface area contributed by atoms with Crippen molar-refractivity contribution in [3.05, 3.63) is 58.6 Å². The molecule has 2 aromatic carbocycles. The van der Waals surface area contributed by atoms with E-state index in [1.807, 2.05) is 24.3 Å². The smallest absolute Gasteiger partial charge is 0.162 e. The molecular formula is C22H31ClN3O3S+. The molecule has 0 bridgehead atoms.